The minimum atomic E-state index is 0.555. The second-order valence-electron chi connectivity index (χ2n) is 4.47. The Balaban J connectivity index is 1.91. The minimum Gasteiger partial charge on any atom is -0.424 e. The highest BCUT2D eigenvalue weighted by Gasteiger charge is 2.23. The van der Waals surface area contributed by atoms with E-state index in [2.05, 4.69) is 40.4 Å². The van der Waals surface area contributed by atoms with Crippen molar-refractivity contribution in [1.29, 1.82) is 0 Å². The molecule has 0 atom stereocenters. The third-order valence-corrected chi connectivity index (χ3v) is 3.42. The van der Waals surface area contributed by atoms with Gasteiger partial charge in [-0.15, -0.1) is 0 Å². The van der Waals surface area contributed by atoms with Crippen molar-refractivity contribution in [1.82, 2.24) is 5.32 Å². The van der Waals surface area contributed by atoms with Gasteiger partial charge in [0, 0.05) is 6.04 Å². The molecule has 3 nitrogen and oxygen atoms in total. The molecule has 1 fully saturated rings. The van der Waals surface area contributed by atoms with Crippen LogP contribution in [0.5, 0.6) is 0 Å². The Morgan fingerprint density at radius 1 is 1.24 bits per heavy atom. The molecule has 0 spiro atoms. The van der Waals surface area contributed by atoms with E-state index in [9.17, 15) is 0 Å². The third kappa shape index (κ3) is 2.09. The molecule has 1 N–H and O–H groups in total. The van der Waals surface area contributed by atoms with Crippen LogP contribution in [0.3, 0.4) is 0 Å². The summed E-state index contributed by atoms with van der Waals surface area (Å²) < 4.78 is 5.39. The normalized spacial score (nSPS) is 19.6. The monoisotopic (exact) mass is 228 g/mol. The van der Waals surface area contributed by atoms with Crippen LogP contribution in [0.25, 0.3) is 0 Å². The summed E-state index contributed by atoms with van der Waals surface area (Å²) in [4.78, 5) is 2.34. The molecular weight excluding hydrogens is 212 g/mol. The number of rotatable bonds is 1. The second-order valence-corrected chi connectivity index (χ2v) is 4.47. The molecule has 0 aliphatic carbocycles. The quantitative estimate of drug-likeness (QED) is 0.738. The lowest BCUT2D eigenvalue weighted by Crippen LogP contribution is -2.44. The average molecular weight is 228 g/mol. The lowest BCUT2D eigenvalue weighted by atomic mass is 10.0. The van der Waals surface area contributed by atoms with Crippen LogP contribution < -0.4 is 10.2 Å². The van der Waals surface area contributed by atoms with Crippen LogP contribution in [0.4, 0.5) is 5.69 Å². The molecule has 1 aromatic rings. The third-order valence-electron chi connectivity index (χ3n) is 3.42. The van der Waals surface area contributed by atoms with Crippen molar-refractivity contribution >= 4 is 5.69 Å². The zero-order valence-corrected chi connectivity index (χ0v) is 9.78. The van der Waals surface area contributed by atoms with E-state index < -0.39 is 0 Å². The van der Waals surface area contributed by atoms with E-state index in [0.717, 1.165) is 31.5 Å². The maximum Gasteiger partial charge on any atom is 0.173 e. The van der Waals surface area contributed by atoms with Gasteiger partial charge in [0.1, 0.15) is 6.11 Å². The fourth-order valence-corrected chi connectivity index (χ4v) is 2.51. The van der Waals surface area contributed by atoms with Crippen LogP contribution in [0.15, 0.2) is 24.3 Å². The highest BCUT2D eigenvalue weighted by Crippen LogP contribution is 2.26. The summed E-state index contributed by atoms with van der Waals surface area (Å²) in [5.74, 6) is 3.06. The molecule has 0 unspecified atom stereocenters. The van der Waals surface area contributed by atoms with Gasteiger partial charge in [-0.05, 0) is 44.0 Å². The number of anilines is 1. The Kier molecular flexibility index (Phi) is 2.89. The summed E-state index contributed by atoms with van der Waals surface area (Å²) in [6, 6.07) is 8.85. The fourth-order valence-electron chi connectivity index (χ4n) is 2.51. The van der Waals surface area contributed by atoms with Crippen molar-refractivity contribution in [2.75, 3.05) is 24.7 Å². The van der Waals surface area contributed by atoms with Gasteiger partial charge in [-0.25, -0.2) is 0 Å². The molecular formula is C14H16N2O. The van der Waals surface area contributed by atoms with Crippen LogP contribution in [0.2, 0.25) is 0 Å². The summed E-state index contributed by atoms with van der Waals surface area (Å²) >= 11 is 0. The molecule has 88 valence electrons. The lowest BCUT2D eigenvalue weighted by molar-refractivity contribution is 0.252. The average Bonchev–Trinajstić information content (AvgIpc) is 2.62. The molecule has 0 aromatic heterocycles. The SMILES string of the molecule is C1#Cc2ccccc2N(C2CCNCC2)CO1. The number of nitrogens with one attached hydrogen (secondary N) is 1. The topological polar surface area (TPSA) is 24.5 Å². The Morgan fingerprint density at radius 3 is 2.94 bits per heavy atom. The van der Waals surface area contributed by atoms with Crippen molar-refractivity contribution in [3.05, 3.63) is 29.8 Å². The van der Waals surface area contributed by atoms with Crippen LogP contribution in [0, 0.1) is 12.0 Å². The smallest absolute Gasteiger partial charge is 0.173 e. The zero-order chi connectivity index (χ0) is 11.5. The number of hydrogen-bond donors (Lipinski definition) is 1. The molecule has 0 bridgehead atoms. The number of nitrogens with zero attached hydrogens (tertiary/aromatic N) is 1. The predicted molar refractivity (Wildman–Crippen MR) is 67.6 cm³/mol. The van der Waals surface area contributed by atoms with Gasteiger partial charge in [-0.3, -0.25) is 0 Å². The predicted octanol–water partition coefficient (Wildman–Crippen LogP) is 1.54. The molecule has 3 heteroatoms. The number of ether oxygens (including phenoxy) is 1. The first kappa shape index (κ1) is 10.5. The van der Waals surface area contributed by atoms with Crippen molar-refractivity contribution in [3.63, 3.8) is 0 Å². The Bertz CT molecular complexity index is 455. The van der Waals surface area contributed by atoms with E-state index in [1.165, 1.54) is 5.69 Å². The Hall–Kier alpha value is -1.66. The summed E-state index contributed by atoms with van der Waals surface area (Å²) in [6.45, 7) is 2.75. The Morgan fingerprint density at radius 2 is 2.06 bits per heavy atom. The molecule has 0 amide bonds. The number of hydrogen-bond acceptors (Lipinski definition) is 3. The largest absolute Gasteiger partial charge is 0.424 e. The molecule has 2 aliphatic heterocycles. The minimum absolute atomic E-state index is 0.555. The summed E-state index contributed by atoms with van der Waals surface area (Å²) in [7, 11) is 0. The van der Waals surface area contributed by atoms with Gasteiger partial charge in [0.2, 0.25) is 0 Å². The van der Waals surface area contributed by atoms with E-state index in [1.807, 2.05) is 6.07 Å². The van der Waals surface area contributed by atoms with E-state index in [4.69, 9.17) is 4.74 Å². The first-order valence-corrected chi connectivity index (χ1v) is 6.14. The van der Waals surface area contributed by atoms with E-state index >= 15 is 0 Å². The first-order valence-electron chi connectivity index (χ1n) is 6.14. The van der Waals surface area contributed by atoms with Crippen molar-refractivity contribution in [2.45, 2.75) is 18.9 Å². The zero-order valence-electron chi connectivity index (χ0n) is 9.78. The number of piperidine rings is 1. The molecule has 17 heavy (non-hydrogen) atoms. The first-order chi connectivity index (χ1) is 8.45. The van der Waals surface area contributed by atoms with E-state index in [-0.39, 0.29) is 0 Å². The van der Waals surface area contributed by atoms with Crippen LogP contribution >= 0.6 is 0 Å². The van der Waals surface area contributed by atoms with E-state index in [1.54, 1.807) is 0 Å². The standard InChI is InChI=1S/C14H16N2O/c1-2-4-14-12(3-1)7-10-17-11-16(14)13-5-8-15-9-6-13/h1-4,13,15H,5-6,8-9,11H2. The maximum absolute atomic E-state index is 5.39. The molecule has 0 saturated carbocycles. The molecule has 2 heterocycles. The molecule has 1 aromatic carbocycles. The lowest BCUT2D eigenvalue weighted by Gasteiger charge is -2.35. The van der Waals surface area contributed by atoms with E-state index in [0.29, 0.717) is 12.8 Å². The molecule has 3 rings (SSSR count). The van der Waals surface area contributed by atoms with Crippen LogP contribution in [0.1, 0.15) is 18.4 Å². The molecule has 2 aliphatic rings. The van der Waals surface area contributed by atoms with Crippen LogP contribution in [-0.4, -0.2) is 25.9 Å². The molecule has 0 radical (unpaired) electrons. The second kappa shape index (κ2) is 4.68. The van der Waals surface area contributed by atoms with Gasteiger partial charge < -0.3 is 15.0 Å². The van der Waals surface area contributed by atoms with Gasteiger partial charge in [0.25, 0.3) is 0 Å². The highest BCUT2D eigenvalue weighted by molar-refractivity contribution is 5.61. The molecule has 1 saturated heterocycles. The van der Waals surface area contributed by atoms with Crippen molar-refractivity contribution < 1.29 is 4.74 Å². The van der Waals surface area contributed by atoms with Crippen LogP contribution in [-0.2, 0) is 4.74 Å². The van der Waals surface area contributed by atoms with Gasteiger partial charge >= 0.3 is 0 Å². The Labute approximate surface area is 102 Å². The summed E-state index contributed by atoms with van der Waals surface area (Å²) in [5.41, 5.74) is 2.29. The number of para-hydroxylation sites is 1. The fraction of sp³-hybridized carbons (Fsp3) is 0.429. The summed E-state index contributed by atoms with van der Waals surface area (Å²) in [5, 5.41) is 3.39. The van der Waals surface area contributed by atoms with Gasteiger partial charge in [0.05, 0.1) is 11.3 Å². The number of benzene rings is 1. The van der Waals surface area contributed by atoms with Gasteiger partial charge in [-0.2, -0.15) is 0 Å². The maximum atomic E-state index is 5.39. The number of fused-ring (bicyclic) bond motifs is 1. The highest BCUT2D eigenvalue weighted by atomic mass is 16.5. The summed E-state index contributed by atoms with van der Waals surface area (Å²) in [6.07, 6.45) is 5.09. The van der Waals surface area contributed by atoms with Gasteiger partial charge in [0.15, 0.2) is 6.73 Å². The van der Waals surface area contributed by atoms with Crippen molar-refractivity contribution in [2.24, 2.45) is 0 Å². The van der Waals surface area contributed by atoms with Gasteiger partial charge in [-0.1, -0.05) is 12.1 Å². The van der Waals surface area contributed by atoms with Crippen molar-refractivity contribution in [3.8, 4) is 12.0 Å².